The van der Waals surface area contributed by atoms with Gasteiger partial charge >= 0.3 is 0 Å². The number of rotatable bonds is 6. The SMILES string of the molecule is CCOc1ccccc1Nc1ccc(C(=O)Nc2ccc(F)cc2F)cn1. The van der Waals surface area contributed by atoms with Gasteiger partial charge in [0.1, 0.15) is 23.2 Å². The van der Waals surface area contributed by atoms with E-state index in [1.54, 1.807) is 12.1 Å². The summed E-state index contributed by atoms with van der Waals surface area (Å²) in [5, 5.41) is 5.51. The zero-order valence-corrected chi connectivity index (χ0v) is 14.5. The van der Waals surface area contributed by atoms with Gasteiger partial charge in [0.05, 0.1) is 23.5 Å². The monoisotopic (exact) mass is 369 g/mol. The minimum atomic E-state index is -0.845. The van der Waals surface area contributed by atoms with Crippen molar-refractivity contribution in [2.24, 2.45) is 0 Å². The summed E-state index contributed by atoms with van der Waals surface area (Å²) < 4.78 is 32.1. The van der Waals surface area contributed by atoms with Crippen LogP contribution < -0.4 is 15.4 Å². The van der Waals surface area contributed by atoms with Crippen LogP contribution in [0.3, 0.4) is 0 Å². The minimum Gasteiger partial charge on any atom is -0.492 e. The van der Waals surface area contributed by atoms with Gasteiger partial charge in [0.2, 0.25) is 0 Å². The first-order valence-corrected chi connectivity index (χ1v) is 8.28. The maximum Gasteiger partial charge on any atom is 0.257 e. The quantitative estimate of drug-likeness (QED) is 0.658. The molecule has 0 aliphatic carbocycles. The third kappa shape index (κ3) is 4.58. The molecule has 3 aromatic rings. The Morgan fingerprint density at radius 2 is 1.89 bits per heavy atom. The Morgan fingerprint density at radius 3 is 2.59 bits per heavy atom. The Kier molecular flexibility index (Phi) is 5.61. The number of benzene rings is 2. The van der Waals surface area contributed by atoms with Crippen molar-refractivity contribution in [2.45, 2.75) is 6.92 Å². The predicted octanol–water partition coefficient (Wildman–Crippen LogP) is 4.75. The van der Waals surface area contributed by atoms with Crippen LogP contribution in [0.25, 0.3) is 0 Å². The number of hydrogen-bond acceptors (Lipinski definition) is 4. The Morgan fingerprint density at radius 1 is 1.07 bits per heavy atom. The second-order valence-electron chi connectivity index (χ2n) is 5.56. The number of pyridine rings is 1. The van der Waals surface area contributed by atoms with Crippen LogP contribution in [0.4, 0.5) is 26.0 Å². The summed E-state index contributed by atoms with van der Waals surface area (Å²) in [6.45, 7) is 2.43. The predicted molar refractivity (Wildman–Crippen MR) is 99.4 cm³/mol. The van der Waals surface area contributed by atoms with Gasteiger partial charge in [0.25, 0.3) is 5.91 Å². The first-order chi connectivity index (χ1) is 13.1. The highest BCUT2D eigenvalue weighted by atomic mass is 19.1. The molecule has 0 saturated heterocycles. The molecule has 0 spiro atoms. The van der Waals surface area contributed by atoms with Gasteiger partial charge in [-0.15, -0.1) is 0 Å². The maximum absolute atomic E-state index is 13.6. The molecule has 0 bridgehead atoms. The Hall–Kier alpha value is -3.48. The summed E-state index contributed by atoms with van der Waals surface area (Å²) in [5.41, 5.74) is 0.883. The number of anilines is 3. The third-order valence-corrected chi connectivity index (χ3v) is 3.65. The summed E-state index contributed by atoms with van der Waals surface area (Å²) in [6, 6.07) is 13.5. The van der Waals surface area contributed by atoms with Gasteiger partial charge in [0.15, 0.2) is 0 Å². The molecule has 3 rings (SSSR count). The van der Waals surface area contributed by atoms with Crippen LogP contribution in [0.1, 0.15) is 17.3 Å². The third-order valence-electron chi connectivity index (χ3n) is 3.65. The number of carbonyl (C=O) groups excluding carboxylic acids is 1. The molecule has 0 atom stereocenters. The van der Waals surface area contributed by atoms with E-state index < -0.39 is 17.5 Å². The fourth-order valence-electron chi connectivity index (χ4n) is 2.38. The van der Waals surface area contributed by atoms with Crippen LogP contribution in [0.5, 0.6) is 5.75 Å². The maximum atomic E-state index is 13.6. The van der Waals surface area contributed by atoms with E-state index in [4.69, 9.17) is 4.74 Å². The Bertz CT molecular complexity index is 946. The lowest BCUT2D eigenvalue weighted by molar-refractivity contribution is 0.102. The second kappa shape index (κ2) is 8.27. The molecule has 2 N–H and O–H groups in total. The van der Waals surface area contributed by atoms with E-state index in [9.17, 15) is 13.6 Å². The molecule has 0 aliphatic heterocycles. The average Bonchev–Trinajstić information content (AvgIpc) is 2.66. The van der Waals surface area contributed by atoms with E-state index in [0.717, 1.165) is 17.8 Å². The number of ether oxygens (including phenoxy) is 1. The van der Waals surface area contributed by atoms with Crippen molar-refractivity contribution < 1.29 is 18.3 Å². The van der Waals surface area contributed by atoms with Gasteiger partial charge in [0, 0.05) is 12.3 Å². The van der Waals surface area contributed by atoms with Gasteiger partial charge in [-0.2, -0.15) is 0 Å². The molecule has 0 radical (unpaired) electrons. The molecule has 0 unspecified atom stereocenters. The zero-order valence-electron chi connectivity index (χ0n) is 14.5. The van der Waals surface area contributed by atoms with Crippen molar-refractivity contribution in [2.75, 3.05) is 17.2 Å². The second-order valence-corrected chi connectivity index (χ2v) is 5.56. The van der Waals surface area contributed by atoms with Crippen molar-refractivity contribution in [1.82, 2.24) is 4.98 Å². The van der Waals surface area contributed by atoms with Gasteiger partial charge < -0.3 is 15.4 Å². The van der Waals surface area contributed by atoms with E-state index in [2.05, 4.69) is 15.6 Å². The number of hydrogen-bond donors (Lipinski definition) is 2. The molecule has 0 aliphatic rings. The fourth-order valence-corrected chi connectivity index (χ4v) is 2.38. The van der Waals surface area contributed by atoms with Crippen molar-refractivity contribution in [1.29, 1.82) is 0 Å². The Balaban J connectivity index is 1.71. The van der Waals surface area contributed by atoms with Crippen molar-refractivity contribution in [3.8, 4) is 5.75 Å². The molecule has 27 heavy (non-hydrogen) atoms. The van der Waals surface area contributed by atoms with Gasteiger partial charge in [-0.05, 0) is 43.3 Å². The van der Waals surface area contributed by atoms with Crippen LogP contribution in [0, 0.1) is 11.6 Å². The van der Waals surface area contributed by atoms with Crippen LogP contribution in [-0.2, 0) is 0 Å². The summed E-state index contributed by atoms with van der Waals surface area (Å²) in [4.78, 5) is 16.4. The molecule has 1 heterocycles. The first-order valence-electron chi connectivity index (χ1n) is 8.28. The first kappa shape index (κ1) is 18.3. The van der Waals surface area contributed by atoms with Crippen LogP contribution in [0.15, 0.2) is 60.8 Å². The van der Waals surface area contributed by atoms with Crippen molar-refractivity contribution in [3.05, 3.63) is 78.0 Å². The smallest absolute Gasteiger partial charge is 0.257 e. The highest BCUT2D eigenvalue weighted by Crippen LogP contribution is 2.26. The van der Waals surface area contributed by atoms with Crippen molar-refractivity contribution in [3.63, 3.8) is 0 Å². The lowest BCUT2D eigenvalue weighted by Crippen LogP contribution is -2.13. The number of aromatic nitrogens is 1. The zero-order chi connectivity index (χ0) is 19.2. The number of nitrogens with zero attached hydrogens (tertiary/aromatic N) is 1. The number of nitrogens with one attached hydrogen (secondary N) is 2. The number of para-hydroxylation sites is 2. The van der Waals surface area contributed by atoms with Gasteiger partial charge in [-0.25, -0.2) is 13.8 Å². The molecule has 138 valence electrons. The largest absolute Gasteiger partial charge is 0.492 e. The highest BCUT2D eigenvalue weighted by molar-refractivity contribution is 6.04. The summed E-state index contributed by atoms with van der Waals surface area (Å²) >= 11 is 0. The summed E-state index contributed by atoms with van der Waals surface area (Å²) in [6.07, 6.45) is 1.36. The molecule has 1 aromatic heterocycles. The normalized spacial score (nSPS) is 10.3. The lowest BCUT2D eigenvalue weighted by atomic mass is 10.2. The standard InChI is InChI=1S/C20H17F2N3O2/c1-2-27-18-6-4-3-5-17(18)24-19-10-7-13(12-23-19)20(26)25-16-9-8-14(21)11-15(16)22/h3-12H,2H2,1H3,(H,23,24)(H,25,26). The van der Waals surface area contributed by atoms with E-state index in [1.807, 2.05) is 31.2 Å². The molecule has 1 amide bonds. The van der Waals surface area contributed by atoms with Gasteiger partial charge in [-0.1, -0.05) is 12.1 Å². The molecular formula is C20H17F2N3O2. The fraction of sp³-hybridized carbons (Fsp3) is 0.100. The number of carbonyl (C=O) groups is 1. The van der Waals surface area contributed by atoms with Crippen LogP contribution in [-0.4, -0.2) is 17.5 Å². The molecule has 7 heteroatoms. The van der Waals surface area contributed by atoms with Gasteiger partial charge in [-0.3, -0.25) is 4.79 Å². The van der Waals surface area contributed by atoms with E-state index in [1.165, 1.54) is 6.20 Å². The molecule has 0 saturated carbocycles. The molecular weight excluding hydrogens is 352 g/mol. The minimum absolute atomic E-state index is 0.103. The molecule has 2 aromatic carbocycles. The van der Waals surface area contributed by atoms with Crippen LogP contribution >= 0.6 is 0 Å². The number of amides is 1. The average molecular weight is 369 g/mol. The summed E-state index contributed by atoms with van der Waals surface area (Å²) in [7, 11) is 0. The van der Waals surface area contributed by atoms with E-state index in [0.29, 0.717) is 24.2 Å². The van der Waals surface area contributed by atoms with Crippen LogP contribution in [0.2, 0.25) is 0 Å². The molecule has 5 nitrogen and oxygen atoms in total. The topological polar surface area (TPSA) is 63.2 Å². The van der Waals surface area contributed by atoms with E-state index >= 15 is 0 Å². The Labute approximate surface area is 155 Å². The van der Waals surface area contributed by atoms with E-state index in [-0.39, 0.29) is 11.3 Å². The lowest BCUT2D eigenvalue weighted by Gasteiger charge is -2.12. The highest BCUT2D eigenvalue weighted by Gasteiger charge is 2.11. The summed E-state index contributed by atoms with van der Waals surface area (Å²) in [5.74, 6) is -0.895. The molecule has 0 fully saturated rings. The number of halogens is 2. The van der Waals surface area contributed by atoms with Crippen molar-refractivity contribution >= 4 is 23.1 Å².